The molecule has 11 nitrogen and oxygen atoms in total. The summed E-state index contributed by atoms with van der Waals surface area (Å²) in [6.45, 7) is 1.41. The number of anilines is 2. The highest BCUT2D eigenvalue weighted by Crippen LogP contribution is 2.34. The van der Waals surface area contributed by atoms with Crippen LogP contribution in [0, 0.1) is 11.7 Å². The van der Waals surface area contributed by atoms with Crippen molar-refractivity contribution in [3.8, 4) is 16.9 Å². The van der Waals surface area contributed by atoms with Crippen LogP contribution in [0.2, 0.25) is 0 Å². The lowest BCUT2D eigenvalue weighted by Gasteiger charge is -2.36. The normalized spacial score (nSPS) is 17.9. The van der Waals surface area contributed by atoms with Gasteiger partial charge in [-0.2, -0.15) is 12.7 Å². The Morgan fingerprint density at radius 2 is 1.74 bits per heavy atom. The molecule has 2 aliphatic heterocycles. The number of ether oxygens (including phenoxy) is 3. The minimum Gasteiger partial charge on any atom is -0.496 e. The number of hydrogen-bond donors (Lipinski definition) is 2. The average molecular weight is 670 g/mol. The highest BCUT2D eigenvalue weighted by molar-refractivity contribution is 7.90. The fraction of sp³-hybridized carbons (Fsp3) is 0.394. The Balaban J connectivity index is 1.24. The summed E-state index contributed by atoms with van der Waals surface area (Å²) in [6, 6.07) is 12.4. The lowest BCUT2D eigenvalue weighted by atomic mass is 9.95. The van der Waals surface area contributed by atoms with Crippen molar-refractivity contribution in [2.75, 3.05) is 57.1 Å². The monoisotopic (exact) mass is 669 g/mol. The van der Waals surface area contributed by atoms with Crippen LogP contribution in [0.3, 0.4) is 0 Å². The number of hydrogen-bond acceptors (Lipinski definition) is 8. The van der Waals surface area contributed by atoms with Gasteiger partial charge in [0.15, 0.2) is 12.1 Å². The summed E-state index contributed by atoms with van der Waals surface area (Å²) in [7, 11) is 0.367. The third-order valence-electron chi connectivity index (χ3n) is 8.95. The van der Waals surface area contributed by atoms with Gasteiger partial charge in [0.05, 0.1) is 12.8 Å². The van der Waals surface area contributed by atoms with Crippen LogP contribution in [-0.2, 0) is 19.7 Å². The molecule has 4 aromatic rings. The molecule has 0 aliphatic carbocycles. The van der Waals surface area contributed by atoms with Crippen molar-refractivity contribution < 1.29 is 36.2 Å². The molecule has 250 valence electrons. The summed E-state index contributed by atoms with van der Waals surface area (Å²) in [6.07, 6.45) is 3.61. The van der Waals surface area contributed by atoms with Gasteiger partial charge in [-0.05, 0) is 55.2 Å². The summed E-state index contributed by atoms with van der Waals surface area (Å²) in [5, 5.41) is 0.461. The van der Waals surface area contributed by atoms with Crippen molar-refractivity contribution in [1.29, 1.82) is 0 Å². The van der Waals surface area contributed by atoms with Gasteiger partial charge in [-0.15, -0.1) is 0 Å². The van der Waals surface area contributed by atoms with Gasteiger partial charge in [-0.3, -0.25) is 9.52 Å². The third-order valence-corrected chi connectivity index (χ3v) is 10.4. The summed E-state index contributed by atoms with van der Waals surface area (Å²) in [4.78, 5) is 23.7. The number of H-pyrrole nitrogens is 1. The first-order valence-electron chi connectivity index (χ1n) is 15.3. The van der Waals surface area contributed by atoms with Gasteiger partial charge >= 0.3 is 10.2 Å². The van der Waals surface area contributed by atoms with E-state index in [1.807, 2.05) is 12.1 Å². The van der Waals surface area contributed by atoms with Crippen molar-refractivity contribution in [2.24, 2.45) is 5.92 Å². The fourth-order valence-corrected chi connectivity index (χ4v) is 7.66. The van der Waals surface area contributed by atoms with Crippen molar-refractivity contribution in [3.05, 3.63) is 71.8 Å². The molecule has 2 fully saturated rings. The SMILES string of the molecule is COc1ccc(NS(=O)(=O)N2CC[C@@H](F)C2)c(F)c1C(=O)c1c[nH]c2ncc(-c3ccc(N4CCC(C(OC)OC)CC4)cc3)cc12. The van der Waals surface area contributed by atoms with Crippen molar-refractivity contribution in [2.45, 2.75) is 31.7 Å². The van der Waals surface area contributed by atoms with E-state index in [1.54, 1.807) is 26.5 Å². The van der Waals surface area contributed by atoms with Crippen LogP contribution >= 0.6 is 0 Å². The number of carbonyl (C=O) groups excluding carboxylic acids is 1. The number of fused-ring (bicyclic) bond motifs is 1. The van der Waals surface area contributed by atoms with Gasteiger partial charge in [0.25, 0.3) is 0 Å². The summed E-state index contributed by atoms with van der Waals surface area (Å²) < 4.78 is 74.5. The quantitative estimate of drug-likeness (QED) is 0.166. The summed E-state index contributed by atoms with van der Waals surface area (Å²) >= 11 is 0. The van der Waals surface area contributed by atoms with Crippen LogP contribution in [0.25, 0.3) is 22.2 Å². The molecule has 1 atom stereocenters. The molecule has 14 heteroatoms. The van der Waals surface area contributed by atoms with Crippen LogP contribution < -0.4 is 14.4 Å². The molecule has 47 heavy (non-hydrogen) atoms. The highest BCUT2D eigenvalue weighted by atomic mass is 32.2. The number of ketones is 1. The number of nitrogens with one attached hydrogen (secondary N) is 2. The second-order valence-electron chi connectivity index (χ2n) is 11.7. The molecule has 0 spiro atoms. The van der Waals surface area contributed by atoms with E-state index in [1.165, 1.54) is 25.4 Å². The standard InChI is InChI=1S/C33H37F2N5O6S/c1-44-28-9-8-27(38-47(42,43)40-15-12-23(34)19-40)30(35)29(28)31(41)26-18-37-32-25(26)16-22(17-36-32)20-4-6-24(7-5-20)39-13-10-21(11-14-39)33(45-2)46-3/h4-9,16-18,21,23,33,38H,10-15,19H2,1-3H3,(H,36,37)/t23-/m1/s1. The first-order valence-corrected chi connectivity index (χ1v) is 16.8. The summed E-state index contributed by atoms with van der Waals surface area (Å²) in [5.41, 5.74) is 2.40. The van der Waals surface area contributed by atoms with Crippen LogP contribution in [0.1, 0.15) is 35.2 Å². The average Bonchev–Trinajstić information content (AvgIpc) is 3.73. The van der Waals surface area contributed by atoms with Crippen LogP contribution in [0.15, 0.2) is 54.9 Å². The molecule has 2 saturated heterocycles. The van der Waals surface area contributed by atoms with E-state index in [-0.39, 0.29) is 37.1 Å². The Labute approximate surface area is 272 Å². The number of benzene rings is 2. The van der Waals surface area contributed by atoms with Crippen LogP contribution in [0.5, 0.6) is 5.75 Å². The Morgan fingerprint density at radius 3 is 2.38 bits per heavy atom. The first kappa shape index (κ1) is 32.8. The third kappa shape index (κ3) is 6.55. The molecule has 6 rings (SSSR count). The van der Waals surface area contributed by atoms with Crippen LogP contribution in [0.4, 0.5) is 20.2 Å². The van der Waals surface area contributed by atoms with E-state index in [0.717, 1.165) is 47.1 Å². The molecule has 0 bridgehead atoms. The maximum absolute atomic E-state index is 15.9. The second-order valence-corrected chi connectivity index (χ2v) is 13.4. The predicted molar refractivity (Wildman–Crippen MR) is 174 cm³/mol. The number of pyridine rings is 1. The Bertz CT molecular complexity index is 1860. The van der Waals surface area contributed by atoms with Gasteiger partial charge in [-0.1, -0.05) is 12.1 Å². The molecule has 2 aliphatic rings. The van der Waals surface area contributed by atoms with Crippen molar-refractivity contribution in [1.82, 2.24) is 14.3 Å². The topological polar surface area (TPSA) is 126 Å². The van der Waals surface area contributed by atoms with E-state index in [0.29, 0.717) is 17.0 Å². The minimum atomic E-state index is -4.25. The molecule has 0 unspecified atom stereocenters. The second kappa shape index (κ2) is 13.6. The molecular weight excluding hydrogens is 632 g/mol. The molecule has 2 aromatic heterocycles. The van der Waals surface area contributed by atoms with E-state index in [4.69, 9.17) is 14.2 Å². The number of rotatable bonds is 11. The van der Waals surface area contributed by atoms with Gasteiger partial charge in [0.1, 0.15) is 23.1 Å². The van der Waals surface area contributed by atoms with Crippen molar-refractivity contribution >= 4 is 38.4 Å². The van der Waals surface area contributed by atoms with Gasteiger partial charge in [0.2, 0.25) is 5.78 Å². The summed E-state index contributed by atoms with van der Waals surface area (Å²) in [5.74, 6) is -1.55. The van der Waals surface area contributed by atoms with E-state index in [9.17, 15) is 17.6 Å². The number of aromatic nitrogens is 2. The smallest absolute Gasteiger partial charge is 0.301 e. The molecule has 2 N–H and O–H groups in total. The van der Waals surface area contributed by atoms with E-state index in [2.05, 4.69) is 31.7 Å². The van der Waals surface area contributed by atoms with Gasteiger partial charge < -0.3 is 24.1 Å². The van der Waals surface area contributed by atoms with Gasteiger partial charge in [0, 0.05) is 80.9 Å². The molecule has 0 radical (unpaired) electrons. The predicted octanol–water partition coefficient (Wildman–Crippen LogP) is 5.14. The number of aromatic amines is 1. The lowest BCUT2D eigenvalue weighted by Crippen LogP contribution is -2.39. The zero-order valence-corrected chi connectivity index (χ0v) is 27.1. The minimum absolute atomic E-state index is 0.0315. The largest absolute Gasteiger partial charge is 0.496 e. The number of carbonyl (C=O) groups is 1. The van der Waals surface area contributed by atoms with Crippen molar-refractivity contribution in [3.63, 3.8) is 0 Å². The lowest BCUT2D eigenvalue weighted by molar-refractivity contribution is -0.141. The number of alkyl halides is 1. The molecule has 0 amide bonds. The molecular formula is C33H37F2N5O6S. The molecule has 2 aromatic carbocycles. The molecule has 0 saturated carbocycles. The number of piperidine rings is 1. The Hall–Kier alpha value is -4.11. The molecule has 4 heterocycles. The number of methoxy groups -OCH3 is 3. The number of nitrogens with zero attached hydrogens (tertiary/aromatic N) is 3. The fourth-order valence-electron chi connectivity index (χ4n) is 6.39. The van der Waals surface area contributed by atoms with Gasteiger partial charge in [-0.25, -0.2) is 13.8 Å². The maximum atomic E-state index is 15.9. The van der Waals surface area contributed by atoms with Crippen LogP contribution in [-0.4, -0.2) is 88.4 Å². The Morgan fingerprint density at radius 1 is 1.02 bits per heavy atom. The highest BCUT2D eigenvalue weighted by Gasteiger charge is 2.33. The zero-order chi connectivity index (χ0) is 33.3. The first-order chi connectivity index (χ1) is 22.6. The van der Waals surface area contributed by atoms with E-state index >= 15 is 4.39 Å². The van der Waals surface area contributed by atoms with E-state index < -0.39 is 39.2 Å². The maximum Gasteiger partial charge on any atom is 0.301 e. The zero-order valence-electron chi connectivity index (χ0n) is 26.3. The Kier molecular flexibility index (Phi) is 9.46. The number of halogens is 2.